The van der Waals surface area contributed by atoms with Gasteiger partial charge >= 0.3 is 0 Å². The number of anilines is 1. The van der Waals surface area contributed by atoms with Crippen LogP contribution in [0.25, 0.3) is 0 Å². The van der Waals surface area contributed by atoms with Crippen molar-refractivity contribution in [2.45, 2.75) is 38.3 Å². The Hall–Kier alpha value is -1.09. The van der Waals surface area contributed by atoms with Gasteiger partial charge in [-0.3, -0.25) is 0 Å². The highest BCUT2D eigenvalue weighted by atomic mass is 15.2. The van der Waals surface area contributed by atoms with Crippen molar-refractivity contribution in [2.75, 3.05) is 11.4 Å². The van der Waals surface area contributed by atoms with E-state index in [1.54, 1.807) is 0 Å². The smallest absolute Gasteiger partial charge is 0.133 e. The van der Waals surface area contributed by atoms with Gasteiger partial charge in [-0.25, -0.2) is 4.98 Å². The van der Waals surface area contributed by atoms with Crippen LogP contribution < -0.4 is 10.6 Å². The van der Waals surface area contributed by atoms with Crippen LogP contribution in [0.1, 0.15) is 31.2 Å². The summed E-state index contributed by atoms with van der Waals surface area (Å²) in [6.45, 7) is 1.78. The van der Waals surface area contributed by atoms with Crippen molar-refractivity contribution in [2.24, 2.45) is 11.7 Å². The zero-order valence-corrected chi connectivity index (χ0v) is 9.60. The first kappa shape index (κ1) is 10.1. The maximum atomic E-state index is 5.79. The molecule has 0 atom stereocenters. The van der Waals surface area contributed by atoms with E-state index in [4.69, 9.17) is 5.73 Å². The monoisotopic (exact) mass is 217 g/mol. The lowest BCUT2D eigenvalue weighted by Crippen LogP contribution is -2.30. The zero-order chi connectivity index (χ0) is 11.0. The minimum absolute atomic E-state index is 0.594. The van der Waals surface area contributed by atoms with Crippen LogP contribution in [0.5, 0.6) is 0 Å². The Morgan fingerprint density at radius 2 is 2.12 bits per heavy atom. The summed E-state index contributed by atoms with van der Waals surface area (Å²) in [5, 5.41) is 0. The van der Waals surface area contributed by atoms with Crippen LogP contribution in [0.4, 0.5) is 5.82 Å². The Balaban J connectivity index is 1.84. The van der Waals surface area contributed by atoms with Crippen LogP contribution in [-0.4, -0.2) is 17.6 Å². The SMILES string of the molecule is NCc1cccnc1N(CC1CC1)C1CC1. The molecule has 0 aliphatic heterocycles. The first-order valence-corrected chi connectivity index (χ1v) is 6.29. The second-order valence-electron chi connectivity index (χ2n) is 5.02. The predicted molar refractivity (Wildman–Crippen MR) is 65.2 cm³/mol. The molecule has 0 radical (unpaired) electrons. The van der Waals surface area contributed by atoms with E-state index >= 15 is 0 Å². The van der Waals surface area contributed by atoms with Crippen LogP contribution in [0.3, 0.4) is 0 Å². The first-order valence-electron chi connectivity index (χ1n) is 6.29. The van der Waals surface area contributed by atoms with Crippen LogP contribution in [-0.2, 0) is 6.54 Å². The van der Waals surface area contributed by atoms with E-state index in [0.717, 1.165) is 17.8 Å². The van der Waals surface area contributed by atoms with Gasteiger partial charge < -0.3 is 10.6 Å². The van der Waals surface area contributed by atoms with Crippen molar-refractivity contribution in [3.8, 4) is 0 Å². The molecule has 0 unspecified atom stereocenters. The molecule has 1 aromatic heterocycles. The van der Waals surface area contributed by atoms with E-state index in [0.29, 0.717) is 6.54 Å². The molecule has 0 amide bonds. The number of hydrogen-bond donors (Lipinski definition) is 1. The number of nitrogens with zero attached hydrogens (tertiary/aromatic N) is 2. The highest BCUT2D eigenvalue weighted by Crippen LogP contribution is 2.37. The molecule has 2 N–H and O–H groups in total. The van der Waals surface area contributed by atoms with E-state index in [-0.39, 0.29) is 0 Å². The third-order valence-corrected chi connectivity index (χ3v) is 3.50. The molecular weight excluding hydrogens is 198 g/mol. The molecule has 2 saturated carbocycles. The molecular formula is C13H19N3. The van der Waals surface area contributed by atoms with Gasteiger partial charge in [-0.05, 0) is 37.7 Å². The van der Waals surface area contributed by atoms with Crippen molar-refractivity contribution in [1.82, 2.24) is 4.98 Å². The number of aromatic nitrogens is 1. The Labute approximate surface area is 96.7 Å². The molecule has 3 rings (SSSR count). The molecule has 1 aromatic rings. The van der Waals surface area contributed by atoms with E-state index in [1.165, 1.54) is 37.8 Å². The molecule has 0 saturated heterocycles. The molecule has 2 aliphatic rings. The molecule has 0 spiro atoms. The molecule has 16 heavy (non-hydrogen) atoms. The third kappa shape index (κ3) is 2.05. The van der Waals surface area contributed by atoms with Crippen molar-refractivity contribution in [1.29, 1.82) is 0 Å². The molecule has 3 nitrogen and oxygen atoms in total. The quantitative estimate of drug-likeness (QED) is 0.819. The van der Waals surface area contributed by atoms with Crippen molar-refractivity contribution in [3.05, 3.63) is 23.9 Å². The Morgan fingerprint density at radius 3 is 2.75 bits per heavy atom. The molecule has 86 valence electrons. The second-order valence-corrected chi connectivity index (χ2v) is 5.02. The maximum Gasteiger partial charge on any atom is 0.133 e. The minimum atomic E-state index is 0.594. The number of hydrogen-bond acceptors (Lipinski definition) is 3. The summed E-state index contributed by atoms with van der Waals surface area (Å²) in [6.07, 6.45) is 7.33. The summed E-state index contributed by atoms with van der Waals surface area (Å²) in [6, 6.07) is 4.82. The third-order valence-electron chi connectivity index (χ3n) is 3.50. The summed E-state index contributed by atoms with van der Waals surface area (Å²) in [7, 11) is 0. The van der Waals surface area contributed by atoms with Gasteiger partial charge in [-0.15, -0.1) is 0 Å². The zero-order valence-electron chi connectivity index (χ0n) is 9.60. The molecule has 2 fully saturated rings. The van der Waals surface area contributed by atoms with Crippen LogP contribution in [0.15, 0.2) is 18.3 Å². The predicted octanol–water partition coefficient (Wildman–Crippen LogP) is 1.92. The van der Waals surface area contributed by atoms with Gasteiger partial charge in [0.1, 0.15) is 5.82 Å². The van der Waals surface area contributed by atoms with Crippen LogP contribution in [0.2, 0.25) is 0 Å². The summed E-state index contributed by atoms with van der Waals surface area (Å²) in [4.78, 5) is 7.04. The van der Waals surface area contributed by atoms with Crippen LogP contribution in [0, 0.1) is 5.92 Å². The highest BCUT2D eigenvalue weighted by molar-refractivity contribution is 5.49. The summed E-state index contributed by atoms with van der Waals surface area (Å²) < 4.78 is 0. The largest absolute Gasteiger partial charge is 0.353 e. The first-order chi connectivity index (χ1) is 7.88. The maximum absolute atomic E-state index is 5.79. The number of nitrogens with two attached hydrogens (primary N) is 1. The van der Waals surface area contributed by atoms with Crippen LogP contribution >= 0.6 is 0 Å². The van der Waals surface area contributed by atoms with Gasteiger partial charge in [0.05, 0.1) is 0 Å². The lowest BCUT2D eigenvalue weighted by molar-refractivity contribution is 0.704. The van der Waals surface area contributed by atoms with Crippen molar-refractivity contribution >= 4 is 5.82 Å². The van der Waals surface area contributed by atoms with Crippen molar-refractivity contribution < 1.29 is 0 Å². The summed E-state index contributed by atoms with van der Waals surface area (Å²) >= 11 is 0. The topological polar surface area (TPSA) is 42.1 Å². The molecule has 2 aliphatic carbocycles. The van der Waals surface area contributed by atoms with E-state index < -0.39 is 0 Å². The Bertz CT molecular complexity index is 369. The summed E-state index contributed by atoms with van der Waals surface area (Å²) in [5.41, 5.74) is 6.98. The van der Waals surface area contributed by atoms with Gasteiger partial charge in [-0.2, -0.15) is 0 Å². The Kier molecular flexibility index (Phi) is 2.56. The van der Waals surface area contributed by atoms with Crippen molar-refractivity contribution in [3.63, 3.8) is 0 Å². The molecule has 0 aromatic carbocycles. The molecule has 0 bridgehead atoms. The molecule has 3 heteroatoms. The number of rotatable bonds is 5. The number of pyridine rings is 1. The average molecular weight is 217 g/mol. The van der Waals surface area contributed by atoms with Gasteiger partial charge in [-0.1, -0.05) is 6.07 Å². The standard InChI is InChI=1S/C13H19N3/c14-8-11-2-1-7-15-13(11)16(12-5-6-12)9-10-3-4-10/h1-2,7,10,12H,3-6,8-9,14H2. The summed E-state index contributed by atoms with van der Waals surface area (Å²) in [5.74, 6) is 2.05. The lowest BCUT2D eigenvalue weighted by Gasteiger charge is -2.25. The van der Waals surface area contributed by atoms with E-state index in [9.17, 15) is 0 Å². The molecule has 1 heterocycles. The van der Waals surface area contributed by atoms with E-state index in [2.05, 4.69) is 16.0 Å². The normalized spacial score (nSPS) is 19.8. The second kappa shape index (κ2) is 4.06. The average Bonchev–Trinajstić information content (AvgIpc) is 3.16. The van der Waals surface area contributed by atoms with Gasteiger partial charge in [0.2, 0.25) is 0 Å². The fourth-order valence-corrected chi connectivity index (χ4v) is 2.22. The van der Waals surface area contributed by atoms with E-state index in [1.807, 2.05) is 12.3 Å². The Morgan fingerprint density at radius 1 is 1.31 bits per heavy atom. The minimum Gasteiger partial charge on any atom is -0.353 e. The van der Waals surface area contributed by atoms with Gasteiger partial charge in [0.15, 0.2) is 0 Å². The highest BCUT2D eigenvalue weighted by Gasteiger charge is 2.35. The van der Waals surface area contributed by atoms with Gasteiger partial charge in [0.25, 0.3) is 0 Å². The van der Waals surface area contributed by atoms with Gasteiger partial charge in [0, 0.05) is 30.9 Å². The fraction of sp³-hybridized carbons (Fsp3) is 0.615. The fourth-order valence-electron chi connectivity index (χ4n) is 2.22. The lowest BCUT2D eigenvalue weighted by atomic mass is 10.2.